The van der Waals surface area contributed by atoms with Crippen molar-refractivity contribution in [1.82, 2.24) is 5.32 Å². The van der Waals surface area contributed by atoms with Crippen LogP contribution < -0.4 is 5.32 Å². The second kappa shape index (κ2) is 4.74. The molecule has 0 bridgehead atoms. The van der Waals surface area contributed by atoms with Crippen LogP contribution in [0.15, 0.2) is 24.3 Å². The minimum Gasteiger partial charge on any atom is -0.350 e. The molecule has 1 atom stereocenters. The first-order chi connectivity index (χ1) is 6.65. The van der Waals surface area contributed by atoms with Crippen LogP contribution in [0.4, 0.5) is 4.39 Å². The quantitative estimate of drug-likeness (QED) is 0.788. The highest BCUT2D eigenvalue weighted by Gasteiger charge is 2.11. The van der Waals surface area contributed by atoms with Gasteiger partial charge in [-0.15, -0.1) is 0 Å². The Bertz CT molecular complexity index is 325. The van der Waals surface area contributed by atoms with Crippen molar-refractivity contribution in [1.29, 1.82) is 0 Å². The fraction of sp³-hybridized carbons (Fsp3) is 0.364. The molecule has 0 aliphatic carbocycles. The number of hydrogen-bond donors (Lipinski definition) is 1. The van der Waals surface area contributed by atoms with Crippen LogP contribution in [-0.4, -0.2) is 11.9 Å². The molecule has 0 fully saturated rings. The summed E-state index contributed by atoms with van der Waals surface area (Å²) in [6.07, 6.45) is 0.834. The second-order valence-electron chi connectivity index (χ2n) is 3.26. The molecule has 1 aromatic rings. The maximum Gasteiger partial charge on any atom is 0.254 e. The van der Waals surface area contributed by atoms with Crippen molar-refractivity contribution in [3.05, 3.63) is 35.6 Å². The van der Waals surface area contributed by atoms with E-state index in [1.54, 1.807) is 12.1 Å². The zero-order chi connectivity index (χ0) is 10.6. The van der Waals surface area contributed by atoms with Crippen LogP contribution in [0.2, 0.25) is 0 Å². The van der Waals surface area contributed by atoms with E-state index >= 15 is 0 Å². The molecule has 0 aromatic heterocycles. The molecule has 1 N–H and O–H groups in total. The van der Waals surface area contributed by atoms with Gasteiger partial charge in [-0.05, 0) is 25.5 Å². The predicted molar refractivity (Wildman–Crippen MR) is 53.6 cm³/mol. The van der Waals surface area contributed by atoms with Gasteiger partial charge >= 0.3 is 0 Å². The van der Waals surface area contributed by atoms with Gasteiger partial charge in [-0.1, -0.05) is 19.1 Å². The summed E-state index contributed by atoms with van der Waals surface area (Å²) >= 11 is 0. The highest BCUT2D eigenvalue weighted by atomic mass is 19.1. The van der Waals surface area contributed by atoms with Crippen molar-refractivity contribution in [3.8, 4) is 0 Å². The first-order valence-corrected chi connectivity index (χ1v) is 4.70. The van der Waals surface area contributed by atoms with Gasteiger partial charge < -0.3 is 5.32 Å². The second-order valence-corrected chi connectivity index (χ2v) is 3.26. The summed E-state index contributed by atoms with van der Waals surface area (Å²) in [4.78, 5) is 11.5. The Balaban J connectivity index is 2.75. The number of nitrogens with one attached hydrogen (secondary N) is 1. The van der Waals surface area contributed by atoms with E-state index in [4.69, 9.17) is 0 Å². The van der Waals surface area contributed by atoms with E-state index in [2.05, 4.69) is 5.32 Å². The summed E-state index contributed by atoms with van der Waals surface area (Å²) in [6.45, 7) is 3.85. The van der Waals surface area contributed by atoms with Gasteiger partial charge in [0.1, 0.15) is 5.82 Å². The maximum absolute atomic E-state index is 13.1. The topological polar surface area (TPSA) is 29.1 Å². The van der Waals surface area contributed by atoms with E-state index in [9.17, 15) is 9.18 Å². The third-order valence-electron chi connectivity index (χ3n) is 2.11. The van der Waals surface area contributed by atoms with Gasteiger partial charge in [-0.25, -0.2) is 4.39 Å². The van der Waals surface area contributed by atoms with Gasteiger partial charge in [0.25, 0.3) is 5.91 Å². The van der Waals surface area contributed by atoms with Gasteiger partial charge in [0.2, 0.25) is 0 Å². The van der Waals surface area contributed by atoms with Crippen molar-refractivity contribution in [2.45, 2.75) is 26.3 Å². The van der Waals surface area contributed by atoms with Crippen molar-refractivity contribution in [2.24, 2.45) is 0 Å². The molecule has 0 unspecified atom stereocenters. The molecule has 1 rings (SSSR count). The van der Waals surface area contributed by atoms with Crippen LogP contribution in [0.1, 0.15) is 30.6 Å². The fourth-order valence-corrected chi connectivity index (χ4v) is 1.05. The summed E-state index contributed by atoms with van der Waals surface area (Å²) in [6, 6.07) is 6.05. The third-order valence-corrected chi connectivity index (χ3v) is 2.11. The lowest BCUT2D eigenvalue weighted by Crippen LogP contribution is -2.32. The molecule has 0 saturated heterocycles. The Morgan fingerprint density at radius 3 is 2.71 bits per heavy atom. The standard InChI is InChI=1S/C11H14FNO/c1-3-8(2)13-11(14)9-6-4-5-7-10(9)12/h4-8H,3H2,1-2H3,(H,13,14)/t8-/m1/s1. The van der Waals surface area contributed by atoms with Crippen molar-refractivity contribution in [3.63, 3.8) is 0 Å². The molecule has 1 aromatic carbocycles. The number of amides is 1. The van der Waals surface area contributed by atoms with E-state index in [0.717, 1.165) is 6.42 Å². The Morgan fingerprint density at radius 2 is 2.14 bits per heavy atom. The summed E-state index contributed by atoms with van der Waals surface area (Å²) in [5, 5.41) is 2.71. The van der Waals surface area contributed by atoms with Crippen LogP contribution in [0, 0.1) is 5.82 Å². The first-order valence-electron chi connectivity index (χ1n) is 4.70. The molecule has 0 aliphatic heterocycles. The van der Waals surface area contributed by atoms with Gasteiger partial charge in [-0.3, -0.25) is 4.79 Å². The highest BCUT2D eigenvalue weighted by molar-refractivity contribution is 5.94. The summed E-state index contributed by atoms with van der Waals surface area (Å²) in [5.74, 6) is -0.828. The lowest BCUT2D eigenvalue weighted by Gasteiger charge is -2.11. The zero-order valence-corrected chi connectivity index (χ0v) is 8.38. The molecule has 0 aliphatic rings. The summed E-state index contributed by atoms with van der Waals surface area (Å²) in [7, 11) is 0. The van der Waals surface area contributed by atoms with Crippen molar-refractivity contribution in [2.75, 3.05) is 0 Å². The fourth-order valence-electron chi connectivity index (χ4n) is 1.05. The van der Waals surface area contributed by atoms with E-state index < -0.39 is 5.82 Å². The van der Waals surface area contributed by atoms with Gasteiger partial charge in [0, 0.05) is 6.04 Å². The molecule has 0 radical (unpaired) electrons. The molecule has 0 heterocycles. The summed E-state index contributed by atoms with van der Waals surface area (Å²) < 4.78 is 13.1. The lowest BCUT2D eigenvalue weighted by molar-refractivity contribution is 0.0935. The zero-order valence-electron chi connectivity index (χ0n) is 8.38. The average molecular weight is 195 g/mol. The van der Waals surface area contributed by atoms with E-state index in [1.165, 1.54) is 12.1 Å². The molecule has 1 amide bonds. The Labute approximate surface area is 83.1 Å². The monoisotopic (exact) mass is 195 g/mol. The van der Waals surface area contributed by atoms with Crippen LogP contribution in [0.3, 0.4) is 0 Å². The van der Waals surface area contributed by atoms with Gasteiger partial charge in [0.15, 0.2) is 0 Å². The molecular formula is C11H14FNO. The number of carbonyl (C=O) groups excluding carboxylic acids is 1. The average Bonchev–Trinajstić information content (AvgIpc) is 2.18. The Hall–Kier alpha value is -1.38. The van der Waals surface area contributed by atoms with E-state index in [1.807, 2.05) is 13.8 Å². The smallest absolute Gasteiger partial charge is 0.254 e. The number of benzene rings is 1. The largest absolute Gasteiger partial charge is 0.350 e. The van der Waals surface area contributed by atoms with Crippen molar-refractivity contribution >= 4 is 5.91 Å². The summed E-state index contributed by atoms with van der Waals surface area (Å²) in [5.41, 5.74) is 0.104. The molecule has 3 heteroatoms. The first kappa shape index (κ1) is 10.7. The van der Waals surface area contributed by atoms with Crippen LogP contribution in [0.25, 0.3) is 0 Å². The normalized spacial score (nSPS) is 12.2. The molecule has 76 valence electrons. The van der Waals surface area contributed by atoms with Crippen LogP contribution >= 0.6 is 0 Å². The molecule has 0 spiro atoms. The van der Waals surface area contributed by atoms with Gasteiger partial charge in [-0.2, -0.15) is 0 Å². The minimum atomic E-state index is -0.478. The van der Waals surface area contributed by atoms with Crippen molar-refractivity contribution < 1.29 is 9.18 Å². The van der Waals surface area contributed by atoms with Crippen LogP contribution in [0.5, 0.6) is 0 Å². The molecule has 14 heavy (non-hydrogen) atoms. The Kier molecular flexibility index (Phi) is 3.63. The van der Waals surface area contributed by atoms with E-state index in [-0.39, 0.29) is 17.5 Å². The minimum absolute atomic E-state index is 0.0714. The maximum atomic E-state index is 13.1. The molecule has 0 saturated carbocycles. The van der Waals surface area contributed by atoms with Crippen LogP contribution in [-0.2, 0) is 0 Å². The third kappa shape index (κ3) is 2.55. The molecular weight excluding hydrogens is 181 g/mol. The highest BCUT2D eigenvalue weighted by Crippen LogP contribution is 2.06. The Morgan fingerprint density at radius 1 is 1.50 bits per heavy atom. The predicted octanol–water partition coefficient (Wildman–Crippen LogP) is 2.35. The lowest BCUT2D eigenvalue weighted by atomic mass is 10.2. The number of rotatable bonds is 3. The SMILES string of the molecule is CC[C@@H](C)NC(=O)c1ccccc1F. The molecule has 2 nitrogen and oxygen atoms in total. The van der Waals surface area contributed by atoms with E-state index in [0.29, 0.717) is 0 Å². The number of halogens is 1. The van der Waals surface area contributed by atoms with Gasteiger partial charge in [0.05, 0.1) is 5.56 Å². The number of carbonyl (C=O) groups is 1. The number of hydrogen-bond acceptors (Lipinski definition) is 1.